The molecule has 4 aromatic heterocycles. The standard InChI is InChI=1S/C17H12N6S2.C2H4/c1-18-14(19-2)13-8-10-5-6-12(21-15(10)24-13)17-23-22-16(25-17)11-4-3-7-20-9-11;1-2/h3-9H,1H2,2H3;1-2H2. The number of rotatable bonds is 3. The Bertz CT molecular complexity index is 1100. The topological polar surface area (TPSA) is 76.3 Å². The second-order valence-corrected chi connectivity index (χ2v) is 7.07. The largest absolute Gasteiger partial charge is 0.269 e. The fraction of sp³-hybridized carbons (Fsp3) is 0.0526. The van der Waals surface area contributed by atoms with Crippen LogP contribution < -0.4 is 0 Å². The number of aliphatic imine (C=N–C) groups is 2. The fourth-order valence-corrected chi connectivity index (χ4v) is 4.17. The molecule has 0 atom stereocenters. The van der Waals surface area contributed by atoms with Gasteiger partial charge in [0.15, 0.2) is 10.8 Å². The predicted octanol–water partition coefficient (Wildman–Crippen LogP) is 4.76. The molecule has 0 bridgehead atoms. The quantitative estimate of drug-likeness (QED) is 0.286. The Morgan fingerprint density at radius 2 is 1.89 bits per heavy atom. The number of aromatic nitrogens is 4. The fourth-order valence-electron chi connectivity index (χ4n) is 2.34. The lowest BCUT2D eigenvalue weighted by Crippen LogP contribution is -1.90. The van der Waals surface area contributed by atoms with E-state index in [1.54, 1.807) is 19.4 Å². The van der Waals surface area contributed by atoms with Crippen LogP contribution in [0.25, 0.3) is 31.5 Å². The number of hydrogen-bond donors (Lipinski definition) is 0. The minimum absolute atomic E-state index is 0.624. The molecule has 0 saturated carbocycles. The van der Waals surface area contributed by atoms with Crippen LogP contribution in [0.2, 0.25) is 0 Å². The summed E-state index contributed by atoms with van der Waals surface area (Å²) in [6.45, 7) is 9.56. The van der Waals surface area contributed by atoms with Gasteiger partial charge in [0.05, 0.1) is 4.88 Å². The maximum Gasteiger partial charge on any atom is 0.166 e. The monoisotopic (exact) mass is 392 g/mol. The zero-order valence-corrected chi connectivity index (χ0v) is 16.3. The molecular weight excluding hydrogens is 376 g/mol. The van der Waals surface area contributed by atoms with Crippen LogP contribution in [-0.4, -0.2) is 39.8 Å². The third kappa shape index (κ3) is 3.86. The summed E-state index contributed by atoms with van der Waals surface area (Å²) in [5.74, 6) is 0.624. The first kappa shape index (κ1) is 18.7. The van der Waals surface area contributed by atoms with Gasteiger partial charge in [-0.2, -0.15) is 0 Å². The lowest BCUT2D eigenvalue weighted by molar-refractivity contribution is 1.09. The number of amidine groups is 1. The molecule has 0 fully saturated rings. The summed E-state index contributed by atoms with van der Waals surface area (Å²) in [4.78, 5) is 18.8. The second-order valence-electron chi connectivity index (χ2n) is 5.06. The zero-order chi connectivity index (χ0) is 19.2. The highest BCUT2D eigenvalue weighted by Crippen LogP contribution is 2.31. The lowest BCUT2D eigenvalue weighted by Gasteiger charge is -1.94. The van der Waals surface area contributed by atoms with E-state index in [9.17, 15) is 0 Å². The molecule has 4 rings (SSSR count). The lowest BCUT2D eigenvalue weighted by atomic mass is 10.3. The van der Waals surface area contributed by atoms with Gasteiger partial charge in [0, 0.05) is 30.4 Å². The molecule has 0 radical (unpaired) electrons. The van der Waals surface area contributed by atoms with E-state index in [1.807, 2.05) is 30.3 Å². The van der Waals surface area contributed by atoms with E-state index in [-0.39, 0.29) is 0 Å². The minimum atomic E-state index is 0.624. The highest BCUT2D eigenvalue weighted by Gasteiger charge is 2.13. The summed E-state index contributed by atoms with van der Waals surface area (Å²) in [5.41, 5.74) is 1.75. The maximum atomic E-state index is 4.72. The summed E-state index contributed by atoms with van der Waals surface area (Å²) in [7, 11) is 1.70. The third-order valence-electron chi connectivity index (χ3n) is 3.52. The first-order chi connectivity index (χ1) is 13.3. The predicted molar refractivity (Wildman–Crippen MR) is 115 cm³/mol. The molecule has 0 aliphatic carbocycles. The minimum Gasteiger partial charge on any atom is -0.269 e. The SMILES string of the molecule is C=C.C=NC(=NC)c1cc2ccc(-c3nnc(-c4cccnc4)s3)nc2s1. The number of pyridine rings is 2. The van der Waals surface area contributed by atoms with Crippen molar-refractivity contribution in [2.24, 2.45) is 9.98 Å². The first-order valence-corrected chi connectivity index (χ1v) is 9.50. The van der Waals surface area contributed by atoms with Crippen molar-refractivity contribution >= 4 is 45.4 Å². The van der Waals surface area contributed by atoms with Crippen LogP contribution in [0, 0.1) is 0 Å². The van der Waals surface area contributed by atoms with Crippen LogP contribution in [0.5, 0.6) is 0 Å². The summed E-state index contributed by atoms with van der Waals surface area (Å²) in [6.07, 6.45) is 3.52. The van der Waals surface area contributed by atoms with Gasteiger partial charge in [-0.1, -0.05) is 11.3 Å². The van der Waals surface area contributed by atoms with Crippen molar-refractivity contribution in [1.29, 1.82) is 0 Å². The van der Waals surface area contributed by atoms with Gasteiger partial charge >= 0.3 is 0 Å². The third-order valence-corrected chi connectivity index (χ3v) is 5.55. The van der Waals surface area contributed by atoms with Crippen LogP contribution in [0.15, 0.2) is 65.9 Å². The van der Waals surface area contributed by atoms with E-state index in [2.05, 4.69) is 45.0 Å². The van der Waals surface area contributed by atoms with Crippen molar-refractivity contribution in [2.75, 3.05) is 7.05 Å². The number of fused-ring (bicyclic) bond motifs is 1. The van der Waals surface area contributed by atoms with Crippen LogP contribution >= 0.6 is 22.7 Å². The highest BCUT2D eigenvalue weighted by molar-refractivity contribution is 7.20. The molecule has 8 heteroatoms. The Hall–Kier alpha value is -3.10. The Kier molecular flexibility index (Phi) is 5.90. The van der Waals surface area contributed by atoms with Crippen molar-refractivity contribution in [3.8, 4) is 21.3 Å². The summed E-state index contributed by atoms with van der Waals surface area (Å²) in [6, 6.07) is 9.85. The Balaban J connectivity index is 0.00000102. The van der Waals surface area contributed by atoms with Gasteiger partial charge in [-0.05, 0) is 37.0 Å². The molecule has 0 amide bonds. The van der Waals surface area contributed by atoms with Crippen molar-refractivity contribution in [3.63, 3.8) is 0 Å². The maximum absolute atomic E-state index is 4.72. The van der Waals surface area contributed by atoms with Crippen LogP contribution in [0.3, 0.4) is 0 Å². The molecule has 0 saturated heterocycles. The Morgan fingerprint density at radius 3 is 2.59 bits per heavy atom. The molecule has 0 aliphatic rings. The molecule has 4 aromatic rings. The summed E-state index contributed by atoms with van der Waals surface area (Å²) < 4.78 is 0. The normalized spacial score (nSPS) is 11.1. The summed E-state index contributed by atoms with van der Waals surface area (Å²) in [5, 5.41) is 11.2. The molecule has 27 heavy (non-hydrogen) atoms. The van der Waals surface area contributed by atoms with Crippen LogP contribution in [0.4, 0.5) is 0 Å². The van der Waals surface area contributed by atoms with Crippen molar-refractivity contribution in [2.45, 2.75) is 0 Å². The van der Waals surface area contributed by atoms with Crippen molar-refractivity contribution in [3.05, 3.63) is 60.8 Å². The van der Waals surface area contributed by atoms with E-state index in [0.29, 0.717) is 5.84 Å². The average molecular weight is 393 g/mol. The molecule has 134 valence electrons. The summed E-state index contributed by atoms with van der Waals surface area (Å²) >= 11 is 3.03. The zero-order valence-electron chi connectivity index (χ0n) is 14.7. The van der Waals surface area contributed by atoms with E-state index in [0.717, 1.165) is 36.4 Å². The van der Waals surface area contributed by atoms with Gasteiger partial charge in [-0.15, -0.1) is 34.7 Å². The molecule has 0 aromatic carbocycles. The van der Waals surface area contributed by atoms with E-state index < -0.39 is 0 Å². The van der Waals surface area contributed by atoms with Crippen LogP contribution in [0.1, 0.15) is 4.88 Å². The molecule has 0 unspecified atom stereocenters. The van der Waals surface area contributed by atoms with Gasteiger partial charge < -0.3 is 0 Å². The van der Waals surface area contributed by atoms with Gasteiger partial charge in [-0.25, -0.2) is 9.98 Å². The second kappa shape index (κ2) is 8.52. The highest BCUT2D eigenvalue weighted by atomic mass is 32.1. The van der Waals surface area contributed by atoms with Gasteiger partial charge in [-0.3, -0.25) is 9.98 Å². The van der Waals surface area contributed by atoms with E-state index in [4.69, 9.17) is 4.98 Å². The molecule has 0 N–H and O–H groups in total. The van der Waals surface area contributed by atoms with E-state index >= 15 is 0 Å². The van der Waals surface area contributed by atoms with Gasteiger partial charge in [0.2, 0.25) is 0 Å². The van der Waals surface area contributed by atoms with Crippen molar-refractivity contribution in [1.82, 2.24) is 20.2 Å². The molecule has 6 nitrogen and oxygen atoms in total. The molecular formula is C19H16N6S2. The number of nitrogens with zero attached hydrogens (tertiary/aromatic N) is 6. The Labute approximate surface area is 164 Å². The van der Waals surface area contributed by atoms with Gasteiger partial charge in [0.25, 0.3) is 0 Å². The number of hydrogen-bond acceptors (Lipinski definition) is 7. The molecule has 0 spiro atoms. The first-order valence-electron chi connectivity index (χ1n) is 7.87. The van der Waals surface area contributed by atoms with E-state index in [1.165, 1.54) is 22.7 Å². The molecule has 0 aliphatic heterocycles. The molecule has 4 heterocycles. The van der Waals surface area contributed by atoms with Crippen LogP contribution in [-0.2, 0) is 0 Å². The number of thiophene rings is 1. The van der Waals surface area contributed by atoms with Gasteiger partial charge in [0.1, 0.15) is 15.5 Å². The smallest absolute Gasteiger partial charge is 0.166 e. The average Bonchev–Trinajstić information content (AvgIpc) is 3.38. The Morgan fingerprint density at radius 1 is 1.07 bits per heavy atom. The van der Waals surface area contributed by atoms with Crippen molar-refractivity contribution < 1.29 is 0 Å².